The lowest BCUT2D eigenvalue weighted by molar-refractivity contribution is 0.806. The average molecular weight is 359 g/mol. The Morgan fingerprint density at radius 3 is 2.50 bits per heavy atom. The first-order valence-electron chi connectivity index (χ1n) is 7.81. The van der Waals surface area contributed by atoms with E-state index in [1.807, 2.05) is 67.0 Å². The SMILES string of the molecule is Cl.Clc1ccccc1NC=C1C=C(C=Nc2ccccc2)CCC1. The van der Waals surface area contributed by atoms with E-state index in [9.17, 15) is 0 Å². The van der Waals surface area contributed by atoms with Crippen molar-refractivity contribution in [1.82, 2.24) is 0 Å². The van der Waals surface area contributed by atoms with Crippen LogP contribution >= 0.6 is 24.0 Å². The number of para-hydroxylation sites is 2. The van der Waals surface area contributed by atoms with Gasteiger partial charge in [0.15, 0.2) is 0 Å². The summed E-state index contributed by atoms with van der Waals surface area (Å²) >= 11 is 6.16. The van der Waals surface area contributed by atoms with E-state index in [0.717, 1.165) is 35.7 Å². The van der Waals surface area contributed by atoms with E-state index in [4.69, 9.17) is 11.6 Å². The maximum atomic E-state index is 6.16. The summed E-state index contributed by atoms with van der Waals surface area (Å²) in [6.07, 6.45) is 9.50. The van der Waals surface area contributed by atoms with Crippen LogP contribution in [0.15, 0.2) is 83.0 Å². The van der Waals surface area contributed by atoms with Crippen LogP contribution in [0.5, 0.6) is 0 Å². The molecule has 1 N–H and O–H groups in total. The first-order chi connectivity index (χ1) is 11.3. The molecule has 0 aliphatic heterocycles. The van der Waals surface area contributed by atoms with Crippen LogP contribution < -0.4 is 5.32 Å². The number of rotatable bonds is 4. The van der Waals surface area contributed by atoms with Gasteiger partial charge in [-0.3, -0.25) is 4.99 Å². The highest BCUT2D eigenvalue weighted by Crippen LogP contribution is 2.24. The van der Waals surface area contributed by atoms with Gasteiger partial charge in [-0.25, -0.2) is 0 Å². The Labute approximate surface area is 154 Å². The molecule has 0 bridgehead atoms. The van der Waals surface area contributed by atoms with Gasteiger partial charge in [0, 0.05) is 12.4 Å². The highest BCUT2D eigenvalue weighted by atomic mass is 35.5. The van der Waals surface area contributed by atoms with Crippen molar-refractivity contribution in [2.24, 2.45) is 4.99 Å². The molecule has 2 nitrogen and oxygen atoms in total. The van der Waals surface area contributed by atoms with Crippen LogP contribution in [0.3, 0.4) is 0 Å². The molecule has 0 heterocycles. The molecule has 1 aliphatic rings. The molecule has 3 rings (SSSR count). The number of hydrogen-bond donors (Lipinski definition) is 1. The Bertz CT molecular complexity index is 749. The minimum atomic E-state index is 0. The van der Waals surface area contributed by atoms with E-state index in [1.54, 1.807) is 0 Å². The van der Waals surface area contributed by atoms with Gasteiger partial charge >= 0.3 is 0 Å². The monoisotopic (exact) mass is 358 g/mol. The van der Waals surface area contributed by atoms with Crippen molar-refractivity contribution >= 4 is 41.6 Å². The molecule has 1 aliphatic carbocycles. The second kappa shape index (κ2) is 9.31. The first-order valence-corrected chi connectivity index (χ1v) is 8.19. The summed E-state index contributed by atoms with van der Waals surface area (Å²) < 4.78 is 0. The van der Waals surface area contributed by atoms with Crippen molar-refractivity contribution in [3.63, 3.8) is 0 Å². The number of nitrogens with zero attached hydrogens (tertiary/aromatic N) is 1. The van der Waals surface area contributed by atoms with E-state index < -0.39 is 0 Å². The number of benzene rings is 2. The molecular formula is C20H20Cl2N2. The molecule has 0 spiro atoms. The molecule has 0 radical (unpaired) electrons. The molecule has 2 aromatic carbocycles. The van der Waals surface area contributed by atoms with Gasteiger partial charge in [-0.2, -0.15) is 0 Å². The minimum Gasteiger partial charge on any atom is -0.360 e. The van der Waals surface area contributed by atoms with Crippen LogP contribution in [-0.2, 0) is 0 Å². The fourth-order valence-electron chi connectivity index (χ4n) is 2.51. The van der Waals surface area contributed by atoms with Gasteiger partial charge in [0.2, 0.25) is 0 Å². The van der Waals surface area contributed by atoms with Crippen LogP contribution in [0.2, 0.25) is 5.02 Å². The molecule has 0 saturated carbocycles. The Kier molecular flexibility index (Phi) is 7.10. The normalized spacial score (nSPS) is 15.9. The van der Waals surface area contributed by atoms with Crippen LogP contribution in [0.25, 0.3) is 0 Å². The Balaban J connectivity index is 0.00000208. The summed E-state index contributed by atoms with van der Waals surface area (Å²) in [6.45, 7) is 0. The Morgan fingerprint density at radius 1 is 0.958 bits per heavy atom. The van der Waals surface area contributed by atoms with Crippen LogP contribution in [0.4, 0.5) is 11.4 Å². The van der Waals surface area contributed by atoms with Crippen molar-refractivity contribution < 1.29 is 0 Å². The van der Waals surface area contributed by atoms with Crippen molar-refractivity contribution in [2.75, 3.05) is 5.32 Å². The second-order valence-corrected chi connectivity index (χ2v) is 5.92. The van der Waals surface area contributed by atoms with Gasteiger partial charge in [0.1, 0.15) is 0 Å². The van der Waals surface area contributed by atoms with Gasteiger partial charge < -0.3 is 5.32 Å². The fourth-order valence-corrected chi connectivity index (χ4v) is 2.71. The third-order valence-electron chi connectivity index (χ3n) is 3.72. The molecule has 0 aromatic heterocycles. The standard InChI is InChI=1S/C20H19ClN2.ClH/c21-19-11-4-5-12-20(19)23-15-17-8-6-7-16(13-17)14-22-18-9-2-1-3-10-18;/h1-5,9-15,23H,6-8H2;1H. The van der Waals surface area contributed by atoms with Crippen molar-refractivity contribution in [2.45, 2.75) is 19.3 Å². The average Bonchev–Trinajstić information content (AvgIpc) is 2.61. The number of nitrogens with one attached hydrogen (secondary N) is 1. The Hall–Kier alpha value is -2.03. The molecule has 24 heavy (non-hydrogen) atoms. The highest BCUT2D eigenvalue weighted by molar-refractivity contribution is 6.33. The largest absolute Gasteiger partial charge is 0.360 e. The maximum absolute atomic E-state index is 6.16. The summed E-state index contributed by atoms with van der Waals surface area (Å²) in [7, 11) is 0. The van der Waals surface area contributed by atoms with Crippen LogP contribution in [-0.4, -0.2) is 6.21 Å². The zero-order valence-corrected chi connectivity index (χ0v) is 14.9. The number of anilines is 1. The molecule has 124 valence electrons. The molecule has 0 fully saturated rings. The lowest BCUT2D eigenvalue weighted by atomic mass is 9.96. The summed E-state index contributed by atoms with van der Waals surface area (Å²) in [4.78, 5) is 4.53. The molecule has 0 amide bonds. The molecule has 0 unspecified atom stereocenters. The molecule has 0 atom stereocenters. The van der Waals surface area contributed by atoms with Crippen molar-refractivity contribution in [1.29, 1.82) is 0 Å². The van der Waals surface area contributed by atoms with Gasteiger partial charge in [-0.05, 0) is 54.7 Å². The number of allylic oxidation sites excluding steroid dienone is 3. The number of aliphatic imine (C=N–C) groups is 1. The lowest BCUT2D eigenvalue weighted by Crippen LogP contribution is -1.99. The Morgan fingerprint density at radius 2 is 1.71 bits per heavy atom. The van der Waals surface area contributed by atoms with E-state index in [2.05, 4.69) is 16.4 Å². The number of halogens is 2. The van der Waals surface area contributed by atoms with Gasteiger partial charge in [0.05, 0.1) is 16.4 Å². The third kappa shape index (κ3) is 5.26. The summed E-state index contributed by atoms with van der Waals surface area (Å²) in [6, 6.07) is 17.8. The molecular weight excluding hydrogens is 339 g/mol. The minimum absolute atomic E-state index is 0. The van der Waals surface area contributed by atoms with E-state index in [1.165, 1.54) is 11.1 Å². The number of hydrogen-bond acceptors (Lipinski definition) is 2. The predicted octanol–water partition coefficient (Wildman–Crippen LogP) is 6.57. The second-order valence-electron chi connectivity index (χ2n) is 5.51. The highest BCUT2D eigenvalue weighted by Gasteiger charge is 2.06. The quantitative estimate of drug-likeness (QED) is 0.614. The molecule has 0 saturated heterocycles. The van der Waals surface area contributed by atoms with E-state index >= 15 is 0 Å². The lowest BCUT2D eigenvalue weighted by Gasteiger charge is -2.13. The first kappa shape index (κ1) is 18.3. The van der Waals surface area contributed by atoms with Gasteiger partial charge in [0.25, 0.3) is 0 Å². The van der Waals surface area contributed by atoms with E-state index in [0.29, 0.717) is 0 Å². The molecule has 4 heteroatoms. The topological polar surface area (TPSA) is 24.4 Å². The van der Waals surface area contributed by atoms with Crippen molar-refractivity contribution in [3.8, 4) is 0 Å². The third-order valence-corrected chi connectivity index (χ3v) is 4.05. The summed E-state index contributed by atoms with van der Waals surface area (Å²) in [5.41, 5.74) is 4.44. The summed E-state index contributed by atoms with van der Waals surface area (Å²) in [5.74, 6) is 0. The smallest absolute Gasteiger partial charge is 0.0640 e. The molecule has 2 aromatic rings. The maximum Gasteiger partial charge on any atom is 0.0640 e. The van der Waals surface area contributed by atoms with Crippen LogP contribution in [0, 0.1) is 0 Å². The predicted molar refractivity (Wildman–Crippen MR) is 107 cm³/mol. The van der Waals surface area contributed by atoms with Crippen LogP contribution in [0.1, 0.15) is 19.3 Å². The summed E-state index contributed by atoms with van der Waals surface area (Å²) in [5, 5.41) is 4.03. The van der Waals surface area contributed by atoms with Crippen molar-refractivity contribution in [3.05, 3.63) is 83.0 Å². The van der Waals surface area contributed by atoms with Gasteiger partial charge in [-0.15, -0.1) is 12.4 Å². The zero-order chi connectivity index (χ0) is 15.9. The fraction of sp³-hybridized carbons (Fsp3) is 0.150. The van der Waals surface area contributed by atoms with Gasteiger partial charge in [-0.1, -0.05) is 48.0 Å². The zero-order valence-electron chi connectivity index (χ0n) is 13.3. The van der Waals surface area contributed by atoms with E-state index in [-0.39, 0.29) is 12.4 Å².